The zero-order chi connectivity index (χ0) is 26.7. The fourth-order valence-corrected chi connectivity index (χ4v) is 5.56. The lowest BCUT2D eigenvalue weighted by Crippen LogP contribution is -2.32. The predicted molar refractivity (Wildman–Crippen MR) is 139 cm³/mol. The van der Waals surface area contributed by atoms with Gasteiger partial charge in [0.25, 0.3) is 5.91 Å². The Morgan fingerprint density at radius 2 is 1.74 bits per heavy atom. The first-order chi connectivity index (χ1) is 18.3. The molecule has 0 bridgehead atoms. The molecule has 1 N–H and O–H groups in total. The second-order valence-corrected chi connectivity index (χ2v) is 10.0. The zero-order valence-corrected chi connectivity index (χ0v) is 21.6. The van der Waals surface area contributed by atoms with Crippen molar-refractivity contribution in [3.63, 3.8) is 0 Å². The Bertz CT molecular complexity index is 1240. The van der Waals surface area contributed by atoms with Crippen LogP contribution in [0.1, 0.15) is 71.4 Å². The summed E-state index contributed by atoms with van der Waals surface area (Å²) in [5, 5.41) is 7.75. The van der Waals surface area contributed by atoms with Gasteiger partial charge in [0, 0.05) is 31.9 Å². The molecule has 3 aromatic rings. The third kappa shape index (κ3) is 5.97. The molecule has 0 spiro atoms. The fourth-order valence-electron chi connectivity index (χ4n) is 5.56. The zero-order valence-electron chi connectivity index (χ0n) is 21.6. The summed E-state index contributed by atoms with van der Waals surface area (Å²) >= 11 is 0. The van der Waals surface area contributed by atoms with Crippen LogP contribution < -0.4 is 15.0 Å². The van der Waals surface area contributed by atoms with E-state index in [1.807, 2.05) is 11.6 Å². The average molecular weight is 527 g/mol. The van der Waals surface area contributed by atoms with E-state index in [-0.39, 0.29) is 11.7 Å². The van der Waals surface area contributed by atoms with E-state index in [1.54, 1.807) is 12.1 Å². The maximum atomic E-state index is 13.0. The van der Waals surface area contributed by atoms with Crippen molar-refractivity contribution in [2.24, 2.45) is 0 Å². The van der Waals surface area contributed by atoms with Gasteiger partial charge in [0.15, 0.2) is 0 Å². The molecular formula is C29H33F3N4O2. The van der Waals surface area contributed by atoms with Crippen LogP contribution in [0.2, 0.25) is 0 Å². The lowest BCUT2D eigenvalue weighted by atomic mass is 9.89. The molecule has 1 aromatic heterocycles. The lowest BCUT2D eigenvalue weighted by Gasteiger charge is -2.34. The predicted octanol–water partition coefficient (Wildman–Crippen LogP) is 5.99. The van der Waals surface area contributed by atoms with Crippen molar-refractivity contribution in [1.29, 1.82) is 0 Å². The Balaban J connectivity index is 1.13. The number of anilines is 1. The van der Waals surface area contributed by atoms with Crippen LogP contribution >= 0.6 is 0 Å². The van der Waals surface area contributed by atoms with Gasteiger partial charge in [-0.2, -0.15) is 5.10 Å². The van der Waals surface area contributed by atoms with Crippen molar-refractivity contribution in [2.45, 2.75) is 70.8 Å². The Labute approximate surface area is 220 Å². The first-order valence-corrected chi connectivity index (χ1v) is 13.4. The number of piperidine rings is 1. The molecule has 0 aliphatic carbocycles. The summed E-state index contributed by atoms with van der Waals surface area (Å²) in [6, 6.07) is 14.5. The largest absolute Gasteiger partial charge is 0.573 e. The van der Waals surface area contributed by atoms with Gasteiger partial charge in [0.1, 0.15) is 5.75 Å². The van der Waals surface area contributed by atoms with Crippen LogP contribution in [0.5, 0.6) is 5.75 Å². The fraction of sp³-hybridized carbons (Fsp3) is 0.448. The normalized spacial score (nSPS) is 16.3. The van der Waals surface area contributed by atoms with Crippen LogP contribution in [0, 0.1) is 0 Å². The van der Waals surface area contributed by atoms with Gasteiger partial charge in [-0.15, -0.1) is 13.2 Å². The molecule has 0 radical (unpaired) electrons. The number of carbonyl (C=O) groups is 1. The van der Waals surface area contributed by atoms with Crippen molar-refractivity contribution in [2.75, 3.05) is 18.0 Å². The van der Waals surface area contributed by atoms with Crippen molar-refractivity contribution >= 4 is 11.6 Å². The number of nitrogens with one attached hydrogen (secondary N) is 1. The molecule has 202 valence electrons. The number of alkyl halides is 3. The molecule has 0 atom stereocenters. The smallest absolute Gasteiger partial charge is 0.406 e. The number of aryl methyl sites for hydroxylation is 2. The third-order valence-corrected chi connectivity index (χ3v) is 7.56. The van der Waals surface area contributed by atoms with E-state index in [0.717, 1.165) is 86.4 Å². The van der Waals surface area contributed by atoms with Gasteiger partial charge in [-0.1, -0.05) is 31.2 Å². The van der Waals surface area contributed by atoms with Crippen LogP contribution in [0.25, 0.3) is 0 Å². The maximum Gasteiger partial charge on any atom is 0.573 e. The molecule has 0 saturated carbocycles. The number of amides is 1. The van der Waals surface area contributed by atoms with Gasteiger partial charge in [-0.25, -0.2) is 0 Å². The standard InChI is InChI=1S/C29H33F3N4O2/c1-2-25-27(26-5-3-4-16-36(26)34-25)28(37)33-19-20-6-8-21(9-7-20)22-14-17-35(18-15-22)23-10-12-24(13-11-23)38-29(30,31)32/h6-13,22H,2-5,14-19H2,1H3,(H,33,37). The van der Waals surface area contributed by atoms with Crippen LogP contribution in [-0.4, -0.2) is 35.1 Å². The van der Waals surface area contributed by atoms with Gasteiger partial charge in [-0.3, -0.25) is 9.48 Å². The molecule has 0 unspecified atom stereocenters. The van der Waals surface area contributed by atoms with E-state index in [9.17, 15) is 18.0 Å². The van der Waals surface area contributed by atoms with Crippen LogP contribution in [-0.2, 0) is 25.9 Å². The van der Waals surface area contributed by atoms with Crippen molar-refractivity contribution in [3.05, 3.63) is 76.6 Å². The topological polar surface area (TPSA) is 59.4 Å². The monoisotopic (exact) mass is 526 g/mol. The third-order valence-electron chi connectivity index (χ3n) is 7.56. The number of hydrogen-bond donors (Lipinski definition) is 1. The molecule has 1 fully saturated rings. The van der Waals surface area contributed by atoms with Crippen LogP contribution in [0.15, 0.2) is 48.5 Å². The quantitative estimate of drug-likeness (QED) is 0.411. The van der Waals surface area contributed by atoms with Crippen molar-refractivity contribution in [3.8, 4) is 5.75 Å². The number of carbonyl (C=O) groups excluding carboxylic acids is 1. The molecule has 1 amide bonds. The summed E-state index contributed by atoms with van der Waals surface area (Å²) in [6.45, 7) is 5.06. The molecule has 5 rings (SSSR count). The van der Waals surface area contributed by atoms with Crippen LogP contribution in [0.3, 0.4) is 0 Å². The number of aromatic nitrogens is 2. The highest BCUT2D eigenvalue weighted by Crippen LogP contribution is 2.32. The Hall–Kier alpha value is -3.49. The average Bonchev–Trinajstić information content (AvgIpc) is 3.31. The van der Waals surface area contributed by atoms with E-state index >= 15 is 0 Å². The summed E-state index contributed by atoms with van der Waals surface area (Å²) in [5.41, 5.74) is 5.94. The van der Waals surface area contributed by atoms with Crippen molar-refractivity contribution < 1.29 is 22.7 Å². The van der Waals surface area contributed by atoms with E-state index in [1.165, 1.54) is 17.7 Å². The Morgan fingerprint density at radius 3 is 2.39 bits per heavy atom. The SMILES string of the molecule is CCc1nn2c(c1C(=O)NCc1ccc(C3CCN(c4ccc(OC(F)(F)F)cc4)CC3)cc1)CCCC2. The highest BCUT2D eigenvalue weighted by molar-refractivity contribution is 5.96. The minimum Gasteiger partial charge on any atom is -0.406 e. The van der Waals surface area contributed by atoms with Gasteiger partial charge >= 0.3 is 6.36 Å². The summed E-state index contributed by atoms with van der Waals surface area (Å²) < 4.78 is 43.1. The van der Waals surface area contributed by atoms with E-state index < -0.39 is 6.36 Å². The molecule has 2 aliphatic heterocycles. The molecule has 38 heavy (non-hydrogen) atoms. The second kappa shape index (κ2) is 11.1. The number of ether oxygens (including phenoxy) is 1. The summed E-state index contributed by atoms with van der Waals surface area (Å²) in [6.07, 6.45) is 1.10. The number of fused-ring (bicyclic) bond motifs is 1. The van der Waals surface area contributed by atoms with E-state index in [0.29, 0.717) is 12.5 Å². The maximum absolute atomic E-state index is 13.0. The van der Waals surface area contributed by atoms with Crippen LogP contribution in [0.4, 0.5) is 18.9 Å². The van der Waals surface area contributed by atoms with E-state index in [2.05, 4.69) is 44.3 Å². The highest BCUT2D eigenvalue weighted by atomic mass is 19.4. The summed E-state index contributed by atoms with van der Waals surface area (Å²) in [7, 11) is 0. The lowest BCUT2D eigenvalue weighted by molar-refractivity contribution is -0.274. The Morgan fingerprint density at radius 1 is 1.03 bits per heavy atom. The molecule has 2 aromatic carbocycles. The number of nitrogens with zero attached hydrogens (tertiary/aromatic N) is 3. The molecule has 2 aliphatic rings. The first-order valence-electron chi connectivity index (χ1n) is 13.4. The number of halogens is 3. The second-order valence-electron chi connectivity index (χ2n) is 10.0. The minimum absolute atomic E-state index is 0.0422. The molecule has 1 saturated heterocycles. The number of benzene rings is 2. The van der Waals surface area contributed by atoms with Gasteiger partial charge in [0.05, 0.1) is 17.0 Å². The summed E-state index contributed by atoms with van der Waals surface area (Å²) in [5.74, 6) is 0.177. The summed E-state index contributed by atoms with van der Waals surface area (Å²) in [4.78, 5) is 15.2. The molecule has 9 heteroatoms. The van der Waals surface area contributed by atoms with Crippen molar-refractivity contribution in [1.82, 2.24) is 15.1 Å². The van der Waals surface area contributed by atoms with E-state index in [4.69, 9.17) is 0 Å². The van der Waals surface area contributed by atoms with Gasteiger partial charge in [-0.05, 0) is 79.8 Å². The number of hydrogen-bond acceptors (Lipinski definition) is 4. The Kier molecular flexibility index (Phi) is 7.63. The molecule has 3 heterocycles. The number of rotatable bonds is 7. The molecule has 6 nitrogen and oxygen atoms in total. The minimum atomic E-state index is -4.68. The van der Waals surface area contributed by atoms with Gasteiger partial charge in [0.2, 0.25) is 0 Å². The van der Waals surface area contributed by atoms with Gasteiger partial charge < -0.3 is 15.0 Å². The first kappa shape index (κ1) is 26.1. The highest BCUT2D eigenvalue weighted by Gasteiger charge is 2.31. The molecular weight excluding hydrogens is 493 g/mol.